The quantitative estimate of drug-likeness (QED) is 0.256. The highest BCUT2D eigenvalue weighted by molar-refractivity contribution is 6.32. The summed E-state index contributed by atoms with van der Waals surface area (Å²) in [5, 5.41) is 2.98. The van der Waals surface area contributed by atoms with Crippen LogP contribution in [0.1, 0.15) is 44.6 Å². The highest BCUT2D eigenvalue weighted by atomic mass is 35.5. The van der Waals surface area contributed by atoms with Gasteiger partial charge in [0.15, 0.2) is 5.82 Å². The number of rotatable bonds is 4. The fourth-order valence-electron chi connectivity index (χ4n) is 8.30. The van der Waals surface area contributed by atoms with Gasteiger partial charge in [-0.1, -0.05) is 11.6 Å². The predicted molar refractivity (Wildman–Crippen MR) is 161 cm³/mol. The SMILES string of the molecule is C[C@@H]1Oc2nc(-c3cc(N)cc(Cl)c3C(F)(F)F)c(F)c3nc(OC[C@@]45CCCN4CC(=C(F)F)C5)nc(c23)N2C[C@H]3CC[C@H](N3)[C@@H]12. The maximum Gasteiger partial charge on any atom is 0.418 e. The first kappa shape index (κ1) is 30.8. The van der Waals surface area contributed by atoms with Gasteiger partial charge in [0, 0.05) is 42.0 Å². The molecule has 3 N–H and O–H groups in total. The number of ether oxygens (including phenoxy) is 2. The molecule has 47 heavy (non-hydrogen) atoms. The molecule has 0 radical (unpaired) electrons. The maximum atomic E-state index is 16.8. The summed E-state index contributed by atoms with van der Waals surface area (Å²) in [6, 6.07) is 1.54. The van der Waals surface area contributed by atoms with Gasteiger partial charge in [0.05, 0.1) is 22.2 Å². The monoisotopic (exact) mass is 681 g/mol. The fraction of sp³-hybridized carbons (Fsp3) is 0.516. The number of anilines is 2. The molecule has 1 aromatic carbocycles. The van der Waals surface area contributed by atoms with Crippen molar-refractivity contribution >= 4 is 34.0 Å². The largest absolute Gasteiger partial charge is 0.472 e. The normalized spacial score (nSPS) is 28.3. The number of nitrogens with two attached hydrogens (primary N) is 1. The molecule has 5 atom stereocenters. The van der Waals surface area contributed by atoms with Crippen molar-refractivity contribution in [3.63, 3.8) is 0 Å². The van der Waals surface area contributed by atoms with E-state index in [-0.39, 0.29) is 77.6 Å². The van der Waals surface area contributed by atoms with Crippen LogP contribution >= 0.6 is 11.6 Å². The van der Waals surface area contributed by atoms with E-state index >= 15 is 4.39 Å². The number of benzene rings is 1. The smallest absolute Gasteiger partial charge is 0.418 e. The van der Waals surface area contributed by atoms with E-state index in [1.54, 1.807) is 0 Å². The zero-order valence-corrected chi connectivity index (χ0v) is 25.9. The third-order valence-corrected chi connectivity index (χ3v) is 10.6. The van der Waals surface area contributed by atoms with Gasteiger partial charge < -0.3 is 25.4 Å². The first-order valence-corrected chi connectivity index (χ1v) is 15.9. The van der Waals surface area contributed by atoms with Crippen LogP contribution < -0.4 is 25.4 Å². The summed E-state index contributed by atoms with van der Waals surface area (Å²) in [5.74, 6) is -1.01. The van der Waals surface area contributed by atoms with E-state index in [0.29, 0.717) is 19.5 Å². The first-order valence-electron chi connectivity index (χ1n) is 15.5. The number of hydrogen-bond donors (Lipinski definition) is 2. The van der Waals surface area contributed by atoms with Gasteiger partial charge in [-0.3, -0.25) is 4.90 Å². The molecule has 4 saturated heterocycles. The zero-order chi connectivity index (χ0) is 33.0. The van der Waals surface area contributed by atoms with E-state index in [1.807, 2.05) is 16.7 Å². The molecule has 0 amide bonds. The van der Waals surface area contributed by atoms with Gasteiger partial charge in [0.2, 0.25) is 5.88 Å². The standard InChI is InChI=1S/C31H30ClF6N7O2/c1-13-25-19-4-3-16(40-19)11-45(25)27-20-24(42-29(43-27)46-12-30-5-2-6-44(30)10-14(9-30)26(34)35)22(33)23(41-28(20)47-13)17-7-15(39)8-18(32)21(17)31(36,37)38/h7-8,13,16,19,25,40H,2-6,9-12,39H2,1H3/t13-,16+,19-,25+,30-/m0/s1. The summed E-state index contributed by atoms with van der Waals surface area (Å²) in [6.45, 7) is 3.06. The lowest BCUT2D eigenvalue weighted by atomic mass is 9.94. The number of aromatic nitrogens is 3. The van der Waals surface area contributed by atoms with Crippen molar-refractivity contribution in [1.29, 1.82) is 0 Å². The van der Waals surface area contributed by atoms with Crippen LogP contribution in [-0.2, 0) is 6.18 Å². The van der Waals surface area contributed by atoms with Crippen molar-refractivity contribution in [3.8, 4) is 23.1 Å². The number of pyridine rings is 1. The van der Waals surface area contributed by atoms with E-state index in [9.17, 15) is 22.0 Å². The second kappa shape index (κ2) is 10.7. The van der Waals surface area contributed by atoms with Crippen LogP contribution in [0.5, 0.6) is 11.9 Å². The van der Waals surface area contributed by atoms with E-state index in [4.69, 9.17) is 31.8 Å². The Morgan fingerprint density at radius 2 is 2.02 bits per heavy atom. The molecule has 5 aliphatic rings. The minimum Gasteiger partial charge on any atom is -0.472 e. The van der Waals surface area contributed by atoms with Crippen LogP contribution in [0, 0.1) is 5.82 Å². The van der Waals surface area contributed by atoms with Crippen LogP contribution in [0.4, 0.5) is 37.8 Å². The minimum absolute atomic E-state index is 0.00607. The predicted octanol–water partition coefficient (Wildman–Crippen LogP) is 5.94. The Kier molecular flexibility index (Phi) is 7.02. The Bertz CT molecular complexity index is 1840. The van der Waals surface area contributed by atoms with E-state index in [0.717, 1.165) is 31.4 Å². The van der Waals surface area contributed by atoms with E-state index < -0.39 is 51.6 Å². The molecule has 2 aromatic heterocycles. The summed E-state index contributed by atoms with van der Waals surface area (Å²) in [7, 11) is 0. The topological polar surface area (TPSA) is 102 Å². The number of nitrogens with zero attached hydrogens (tertiary/aromatic N) is 5. The van der Waals surface area contributed by atoms with Crippen LogP contribution in [0.2, 0.25) is 5.02 Å². The number of halogens is 7. The Morgan fingerprint density at radius 1 is 1.21 bits per heavy atom. The molecule has 0 unspecified atom stereocenters. The van der Waals surface area contributed by atoms with Gasteiger partial charge in [-0.15, -0.1) is 0 Å². The lowest BCUT2D eigenvalue weighted by Crippen LogP contribution is -2.62. The highest BCUT2D eigenvalue weighted by Gasteiger charge is 2.50. The van der Waals surface area contributed by atoms with Gasteiger partial charge in [-0.2, -0.15) is 31.9 Å². The molecule has 0 spiro atoms. The zero-order valence-electron chi connectivity index (χ0n) is 25.1. The molecule has 8 rings (SSSR count). The molecule has 0 saturated carbocycles. The van der Waals surface area contributed by atoms with Crippen molar-refractivity contribution in [2.75, 3.05) is 36.9 Å². The average Bonchev–Trinajstić information content (AvgIpc) is 3.66. The molecule has 2 bridgehead atoms. The van der Waals surface area contributed by atoms with Crippen molar-refractivity contribution < 1.29 is 35.8 Å². The second-order valence-corrected chi connectivity index (χ2v) is 13.6. The summed E-state index contributed by atoms with van der Waals surface area (Å²) in [5.41, 5.74) is 2.10. The molecule has 0 aliphatic carbocycles. The first-order chi connectivity index (χ1) is 22.3. The van der Waals surface area contributed by atoms with Gasteiger partial charge >= 0.3 is 12.2 Å². The van der Waals surface area contributed by atoms with Crippen molar-refractivity contribution in [2.24, 2.45) is 0 Å². The van der Waals surface area contributed by atoms with Crippen LogP contribution in [0.15, 0.2) is 23.8 Å². The van der Waals surface area contributed by atoms with Crippen LogP contribution in [0.25, 0.3) is 22.2 Å². The molecular weight excluding hydrogens is 652 g/mol. The molecular formula is C31H30ClF6N7O2. The third-order valence-electron chi connectivity index (χ3n) is 10.3. The third kappa shape index (κ3) is 4.87. The lowest BCUT2D eigenvalue weighted by molar-refractivity contribution is -0.137. The van der Waals surface area contributed by atoms with E-state index in [1.165, 1.54) is 0 Å². The molecule has 3 aromatic rings. The number of piperazine rings is 1. The molecule has 4 fully saturated rings. The number of nitrogen functional groups attached to an aromatic ring is 1. The maximum absolute atomic E-state index is 16.8. The summed E-state index contributed by atoms with van der Waals surface area (Å²) >= 11 is 6.03. The Labute approximate surface area is 270 Å². The molecule has 16 heteroatoms. The molecule has 7 heterocycles. The summed E-state index contributed by atoms with van der Waals surface area (Å²) in [6.07, 6.45) is -3.91. The van der Waals surface area contributed by atoms with Crippen LogP contribution in [0.3, 0.4) is 0 Å². The molecule has 5 aliphatic heterocycles. The number of nitrogens with one attached hydrogen (secondary N) is 1. The Hall–Kier alpha value is -3.56. The fourth-order valence-corrected chi connectivity index (χ4v) is 8.64. The van der Waals surface area contributed by atoms with Gasteiger partial charge in [-0.25, -0.2) is 9.37 Å². The Balaban J connectivity index is 1.31. The molecule has 9 nitrogen and oxygen atoms in total. The summed E-state index contributed by atoms with van der Waals surface area (Å²) < 4.78 is 99.4. The van der Waals surface area contributed by atoms with Crippen molar-refractivity contribution in [3.05, 3.63) is 40.2 Å². The van der Waals surface area contributed by atoms with Crippen LogP contribution in [-0.4, -0.2) is 75.9 Å². The van der Waals surface area contributed by atoms with E-state index in [2.05, 4.69) is 15.3 Å². The Morgan fingerprint density at radius 3 is 2.79 bits per heavy atom. The minimum atomic E-state index is -4.97. The summed E-state index contributed by atoms with van der Waals surface area (Å²) in [4.78, 5) is 17.4. The second-order valence-electron chi connectivity index (χ2n) is 13.1. The lowest BCUT2D eigenvalue weighted by Gasteiger charge is -2.42. The number of alkyl halides is 3. The van der Waals surface area contributed by atoms with Gasteiger partial charge in [0.25, 0.3) is 6.08 Å². The number of hydrogen-bond acceptors (Lipinski definition) is 9. The number of fused-ring (bicyclic) bond motifs is 6. The van der Waals surface area contributed by atoms with Gasteiger partial charge in [0.1, 0.15) is 35.1 Å². The average molecular weight is 682 g/mol. The highest BCUT2D eigenvalue weighted by Crippen LogP contribution is 2.48. The van der Waals surface area contributed by atoms with Crippen molar-refractivity contribution in [1.82, 2.24) is 25.2 Å². The molecule has 250 valence electrons. The van der Waals surface area contributed by atoms with Gasteiger partial charge in [-0.05, 0) is 57.7 Å². The van der Waals surface area contributed by atoms with Crippen molar-refractivity contribution in [2.45, 2.75) is 75.0 Å².